The minimum Gasteiger partial charge on any atom is -0.478 e. The number of rotatable bonds is 6. The molecule has 3 rings (SSSR count). The zero-order valence-electron chi connectivity index (χ0n) is 14.4. The van der Waals surface area contributed by atoms with E-state index < -0.39 is 5.97 Å². The standard InChI is InChI=1S/C20H20N2O4/c1-2-12-6-7-17-16(10-12)15(19(24)22-17)8-9-21-18(23)13-4-3-5-14(11-13)20(25)26/h3-7,10-11,15H,2,8-9H2,1H3,(H,21,23)(H,22,24)(H,25,26). The Kier molecular flexibility index (Phi) is 5.02. The molecule has 134 valence electrons. The number of hydrogen-bond acceptors (Lipinski definition) is 3. The minimum absolute atomic E-state index is 0.0598. The second-order valence-corrected chi connectivity index (χ2v) is 6.25. The molecule has 0 aliphatic carbocycles. The van der Waals surface area contributed by atoms with Crippen LogP contribution in [0.3, 0.4) is 0 Å². The first-order chi connectivity index (χ1) is 12.5. The predicted molar refractivity (Wildman–Crippen MR) is 97.5 cm³/mol. The summed E-state index contributed by atoms with van der Waals surface area (Å²) in [6.07, 6.45) is 1.38. The summed E-state index contributed by atoms with van der Waals surface area (Å²) < 4.78 is 0. The molecule has 0 saturated heterocycles. The van der Waals surface area contributed by atoms with Gasteiger partial charge >= 0.3 is 5.97 Å². The number of amides is 2. The normalized spacial score (nSPS) is 15.3. The Morgan fingerprint density at radius 1 is 1.15 bits per heavy atom. The van der Waals surface area contributed by atoms with Crippen molar-refractivity contribution >= 4 is 23.5 Å². The van der Waals surface area contributed by atoms with Crippen molar-refractivity contribution in [2.75, 3.05) is 11.9 Å². The second kappa shape index (κ2) is 7.39. The maximum Gasteiger partial charge on any atom is 0.335 e. The Labute approximate surface area is 151 Å². The van der Waals surface area contributed by atoms with Crippen molar-refractivity contribution < 1.29 is 19.5 Å². The van der Waals surface area contributed by atoms with Crippen molar-refractivity contribution in [3.05, 3.63) is 64.7 Å². The van der Waals surface area contributed by atoms with Gasteiger partial charge in [0, 0.05) is 17.8 Å². The van der Waals surface area contributed by atoms with E-state index in [1.165, 1.54) is 23.8 Å². The molecule has 26 heavy (non-hydrogen) atoms. The number of carboxylic acid groups (broad SMARTS) is 1. The maximum absolute atomic E-state index is 12.2. The van der Waals surface area contributed by atoms with Gasteiger partial charge in [0.1, 0.15) is 0 Å². The van der Waals surface area contributed by atoms with Crippen LogP contribution in [0, 0.1) is 0 Å². The van der Waals surface area contributed by atoms with Gasteiger partial charge in [-0.1, -0.05) is 25.1 Å². The highest BCUT2D eigenvalue weighted by Gasteiger charge is 2.30. The van der Waals surface area contributed by atoms with Crippen LogP contribution in [0.4, 0.5) is 5.69 Å². The average Bonchev–Trinajstić information content (AvgIpc) is 2.96. The molecular weight excluding hydrogens is 332 g/mol. The van der Waals surface area contributed by atoms with Crippen LogP contribution in [-0.4, -0.2) is 29.4 Å². The van der Waals surface area contributed by atoms with Crippen LogP contribution in [0.1, 0.15) is 51.1 Å². The molecule has 2 aromatic rings. The molecule has 1 atom stereocenters. The highest BCUT2D eigenvalue weighted by Crippen LogP contribution is 2.35. The molecule has 2 amide bonds. The molecule has 1 unspecified atom stereocenters. The molecule has 0 bridgehead atoms. The Balaban J connectivity index is 1.64. The van der Waals surface area contributed by atoms with Gasteiger partial charge in [0.25, 0.3) is 5.91 Å². The van der Waals surface area contributed by atoms with Gasteiger partial charge in [-0.25, -0.2) is 4.79 Å². The number of carbonyl (C=O) groups excluding carboxylic acids is 2. The number of hydrogen-bond donors (Lipinski definition) is 3. The summed E-state index contributed by atoms with van der Waals surface area (Å²) in [6.45, 7) is 2.39. The van der Waals surface area contributed by atoms with E-state index in [4.69, 9.17) is 5.11 Å². The van der Waals surface area contributed by atoms with Gasteiger partial charge in [0.2, 0.25) is 5.91 Å². The van der Waals surface area contributed by atoms with Crippen molar-refractivity contribution in [3.8, 4) is 0 Å². The molecular formula is C20H20N2O4. The van der Waals surface area contributed by atoms with E-state index in [0.717, 1.165) is 17.7 Å². The molecule has 1 aliphatic rings. The highest BCUT2D eigenvalue weighted by atomic mass is 16.4. The number of fused-ring (bicyclic) bond motifs is 1. The van der Waals surface area contributed by atoms with Crippen molar-refractivity contribution in [1.29, 1.82) is 0 Å². The van der Waals surface area contributed by atoms with Crippen molar-refractivity contribution in [3.63, 3.8) is 0 Å². The van der Waals surface area contributed by atoms with Crippen molar-refractivity contribution in [1.82, 2.24) is 5.32 Å². The summed E-state index contributed by atoms with van der Waals surface area (Å²) in [5.41, 5.74) is 3.32. The van der Waals surface area contributed by atoms with E-state index in [1.807, 2.05) is 18.2 Å². The van der Waals surface area contributed by atoms with Crippen LogP contribution < -0.4 is 10.6 Å². The van der Waals surface area contributed by atoms with Crippen LogP contribution in [0.2, 0.25) is 0 Å². The van der Waals surface area contributed by atoms with Crippen LogP contribution in [0.5, 0.6) is 0 Å². The summed E-state index contributed by atoms with van der Waals surface area (Å²) in [5.74, 6) is -1.78. The molecule has 0 saturated carbocycles. The topological polar surface area (TPSA) is 95.5 Å². The smallest absolute Gasteiger partial charge is 0.335 e. The molecule has 0 aromatic heterocycles. The largest absolute Gasteiger partial charge is 0.478 e. The monoisotopic (exact) mass is 352 g/mol. The van der Waals surface area contributed by atoms with Gasteiger partial charge in [-0.2, -0.15) is 0 Å². The van der Waals surface area contributed by atoms with Crippen LogP contribution in [-0.2, 0) is 11.2 Å². The number of aromatic carboxylic acids is 1. The van der Waals surface area contributed by atoms with Gasteiger partial charge in [0.15, 0.2) is 0 Å². The lowest BCUT2D eigenvalue weighted by molar-refractivity contribution is -0.117. The lowest BCUT2D eigenvalue weighted by Gasteiger charge is -2.11. The number of carbonyl (C=O) groups is 3. The van der Waals surface area contributed by atoms with E-state index >= 15 is 0 Å². The first kappa shape index (κ1) is 17.7. The fourth-order valence-electron chi connectivity index (χ4n) is 3.11. The fourth-order valence-corrected chi connectivity index (χ4v) is 3.11. The van der Waals surface area contributed by atoms with E-state index in [0.29, 0.717) is 13.0 Å². The zero-order valence-corrected chi connectivity index (χ0v) is 14.4. The van der Waals surface area contributed by atoms with E-state index in [9.17, 15) is 14.4 Å². The van der Waals surface area contributed by atoms with Gasteiger partial charge in [-0.05, 0) is 48.2 Å². The number of carboxylic acids is 1. The van der Waals surface area contributed by atoms with Crippen molar-refractivity contribution in [2.24, 2.45) is 0 Å². The number of benzene rings is 2. The predicted octanol–water partition coefficient (Wildman–Crippen LogP) is 2.80. The third-order valence-corrected chi connectivity index (χ3v) is 4.56. The van der Waals surface area contributed by atoms with Crippen LogP contribution >= 0.6 is 0 Å². The molecule has 0 fully saturated rings. The average molecular weight is 352 g/mol. The van der Waals surface area contributed by atoms with Gasteiger partial charge < -0.3 is 15.7 Å². The summed E-state index contributed by atoms with van der Waals surface area (Å²) >= 11 is 0. The fraction of sp³-hybridized carbons (Fsp3) is 0.250. The molecule has 1 heterocycles. The summed E-state index contributed by atoms with van der Waals surface area (Å²) in [4.78, 5) is 35.4. The number of aryl methyl sites for hydroxylation is 1. The quantitative estimate of drug-likeness (QED) is 0.745. The molecule has 6 nitrogen and oxygen atoms in total. The van der Waals surface area contributed by atoms with E-state index in [1.54, 1.807) is 6.07 Å². The molecule has 0 spiro atoms. The highest BCUT2D eigenvalue weighted by molar-refractivity contribution is 6.03. The Hall–Kier alpha value is -3.15. The lowest BCUT2D eigenvalue weighted by atomic mass is 9.95. The first-order valence-corrected chi connectivity index (χ1v) is 8.55. The molecule has 3 N–H and O–H groups in total. The Bertz CT molecular complexity index is 876. The Morgan fingerprint density at radius 3 is 2.65 bits per heavy atom. The van der Waals surface area contributed by atoms with E-state index in [2.05, 4.69) is 17.6 Å². The molecule has 2 aromatic carbocycles. The van der Waals surface area contributed by atoms with E-state index in [-0.39, 0.29) is 28.9 Å². The third kappa shape index (κ3) is 3.59. The molecule has 6 heteroatoms. The Morgan fingerprint density at radius 2 is 1.92 bits per heavy atom. The first-order valence-electron chi connectivity index (χ1n) is 8.55. The van der Waals surface area contributed by atoms with Crippen LogP contribution in [0.15, 0.2) is 42.5 Å². The minimum atomic E-state index is -1.08. The SMILES string of the molecule is CCc1ccc2c(c1)C(CCNC(=O)c1cccc(C(=O)O)c1)C(=O)N2. The number of nitrogens with one attached hydrogen (secondary N) is 2. The van der Waals surface area contributed by atoms with Gasteiger partial charge in [0.05, 0.1) is 11.5 Å². The summed E-state index contributed by atoms with van der Waals surface area (Å²) in [5, 5.41) is 14.6. The summed E-state index contributed by atoms with van der Waals surface area (Å²) in [6, 6.07) is 11.8. The zero-order chi connectivity index (χ0) is 18.7. The molecule has 0 radical (unpaired) electrons. The third-order valence-electron chi connectivity index (χ3n) is 4.56. The summed E-state index contributed by atoms with van der Waals surface area (Å²) in [7, 11) is 0. The maximum atomic E-state index is 12.2. The second-order valence-electron chi connectivity index (χ2n) is 6.25. The van der Waals surface area contributed by atoms with Crippen LogP contribution in [0.25, 0.3) is 0 Å². The van der Waals surface area contributed by atoms with Gasteiger partial charge in [-0.15, -0.1) is 0 Å². The van der Waals surface area contributed by atoms with Gasteiger partial charge in [-0.3, -0.25) is 9.59 Å². The van der Waals surface area contributed by atoms with Crippen molar-refractivity contribution in [2.45, 2.75) is 25.7 Å². The number of anilines is 1. The lowest BCUT2D eigenvalue weighted by Crippen LogP contribution is -2.27. The molecule has 1 aliphatic heterocycles.